The summed E-state index contributed by atoms with van der Waals surface area (Å²) in [7, 11) is 0. The zero-order chi connectivity index (χ0) is 13.7. The summed E-state index contributed by atoms with van der Waals surface area (Å²) in [5.41, 5.74) is 0.569. The van der Waals surface area contributed by atoms with Crippen LogP contribution >= 0.6 is 0 Å². The third-order valence-electron chi connectivity index (χ3n) is 4.13. The minimum atomic E-state index is -0.701. The van der Waals surface area contributed by atoms with Gasteiger partial charge < -0.3 is 14.7 Å². The van der Waals surface area contributed by atoms with Gasteiger partial charge in [-0.1, -0.05) is 13.8 Å². The fourth-order valence-corrected chi connectivity index (χ4v) is 2.40. The normalized spacial score (nSPS) is 15.8. The van der Waals surface area contributed by atoms with Crippen LogP contribution in [-0.2, 0) is 0 Å². The van der Waals surface area contributed by atoms with E-state index in [-0.39, 0.29) is 0 Å². The van der Waals surface area contributed by atoms with Gasteiger partial charge in [0.25, 0.3) is 0 Å². The van der Waals surface area contributed by atoms with Crippen LogP contribution in [0.15, 0.2) is 24.3 Å². The number of anilines is 1. The van der Waals surface area contributed by atoms with Crippen molar-refractivity contribution in [1.29, 1.82) is 0 Å². The summed E-state index contributed by atoms with van der Waals surface area (Å²) in [4.78, 5) is 2.40. The van der Waals surface area contributed by atoms with Gasteiger partial charge in [0, 0.05) is 18.8 Å². The Morgan fingerprint density at radius 3 is 2.21 bits per heavy atom. The number of rotatable bonds is 6. The highest BCUT2D eigenvalue weighted by molar-refractivity contribution is 5.49. The van der Waals surface area contributed by atoms with Crippen molar-refractivity contribution in [1.82, 2.24) is 0 Å². The van der Waals surface area contributed by atoms with Crippen LogP contribution in [-0.4, -0.2) is 30.4 Å². The molecule has 1 aromatic rings. The summed E-state index contributed by atoms with van der Waals surface area (Å²) in [6, 6.07) is 8.22. The average Bonchev–Trinajstić information content (AvgIpc) is 2.99. The number of ether oxygens (including phenoxy) is 1. The molecule has 3 heteroatoms. The molecule has 1 saturated heterocycles. The van der Waals surface area contributed by atoms with Crippen molar-refractivity contribution in [2.45, 2.75) is 45.1 Å². The summed E-state index contributed by atoms with van der Waals surface area (Å²) in [6.07, 6.45) is 4.02. The Kier molecular flexibility index (Phi) is 4.70. The zero-order valence-electron chi connectivity index (χ0n) is 12.1. The molecule has 0 amide bonds. The van der Waals surface area contributed by atoms with E-state index in [2.05, 4.69) is 17.0 Å². The second kappa shape index (κ2) is 6.29. The largest absolute Gasteiger partial charge is 0.491 e. The van der Waals surface area contributed by atoms with E-state index < -0.39 is 5.60 Å². The van der Waals surface area contributed by atoms with E-state index >= 15 is 0 Å². The van der Waals surface area contributed by atoms with Gasteiger partial charge in [-0.05, 0) is 49.9 Å². The highest BCUT2D eigenvalue weighted by atomic mass is 16.5. The Hall–Kier alpha value is -1.22. The Bertz CT molecular complexity index is 378. The first-order valence-corrected chi connectivity index (χ1v) is 7.37. The van der Waals surface area contributed by atoms with Crippen molar-refractivity contribution in [2.75, 3.05) is 24.6 Å². The highest BCUT2D eigenvalue weighted by Gasteiger charge is 2.23. The first-order valence-electron chi connectivity index (χ1n) is 7.37. The first kappa shape index (κ1) is 14.2. The van der Waals surface area contributed by atoms with E-state index in [1.165, 1.54) is 18.5 Å². The van der Waals surface area contributed by atoms with Crippen LogP contribution < -0.4 is 9.64 Å². The van der Waals surface area contributed by atoms with Gasteiger partial charge in [0.1, 0.15) is 12.4 Å². The maximum Gasteiger partial charge on any atom is 0.119 e. The van der Waals surface area contributed by atoms with Crippen molar-refractivity contribution in [2.24, 2.45) is 0 Å². The van der Waals surface area contributed by atoms with Crippen LogP contribution in [0, 0.1) is 0 Å². The van der Waals surface area contributed by atoms with Crippen LogP contribution in [0.5, 0.6) is 5.75 Å². The van der Waals surface area contributed by atoms with Crippen molar-refractivity contribution in [3.05, 3.63) is 24.3 Å². The molecule has 2 rings (SSSR count). The maximum atomic E-state index is 10.2. The third kappa shape index (κ3) is 3.63. The lowest BCUT2D eigenvalue weighted by Crippen LogP contribution is -2.34. The Labute approximate surface area is 116 Å². The van der Waals surface area contributed by atoms with E-state index in [1.54, 1.807) is 0 Å². The van der Waals surface area contributed by atoms with E-state index in [4.69, 9.17) is 4.74 Å². The molecule has 0 saturated carbocycles. The lowest BCUT2D eigenvalue weighted by Gasteiger charge is -2.25. The quantitative estimate of drug-likeness (QED) is 0.855. The van der Waals surface area contributed by atoms with E-state index in [0.717, 1.165) is 31.7 Å². The lowest BCUT2D eigenvalue weighted by atomic mass is 9.99. The van der Waals surface area contributed by atoms with Crippen molar-refractivity contribution >= 4 is 5.69 Å². The van der Waals surface area contributed by atoms with Gasteiger partial charge in [0.15, 0.2) is 0 Å². The molecule has 1 aliphatic heterocycles. The van der Waals surface area contributed by atoms with Gasteiger partial charge in [0.05, 0.1) is 5.60 Å². The van der Waals surface area contributed by atoms with Crippen LogP contribution in [0.3, 0.4) is 0 Å². The smallest absolute Gasteiger partial charge is 0.119 e. The van der Waals surface area contributed by atoms with Crippen LogP contribution in [0.2, 0.25) is 0 Å². The lowest BCUT2D eigenvalue weighted by molar-refractivity contribution is -0.0113. The van der Waals surface area contributed by atoms with E-state index in [9.17, 15) is 5.11 Å². The molecule has 1 N–H and O–H groups in total. The molecule has 0 radical (unpaired) electrons. The fraction of sp³-hybridized carbons (Fsp3) is 0.625. The molecule has 1 aromatic carbocycles. The van der Waals surface area contributed by atoms with Gasteiger partial charge in [0.2, 0.25) is 0 Å². The molecule has 1 fully saturated rings. The summed E-state index contributed by atoms with van der Waals surface area (Å²) >= 11 is 0. The van der Waals surface area contributed by atoms with Gasteiger partial charge >= 0.3 is 0 Å². The molecule has 0 atom stereocenters. The molecule has 0 aliphatic carbocycles. The molecule has 0 unspecified atom stereocenters. The number of aliphatic hydroxyl groups is 1. The second-order valence-electron chi connectivity index (χ2n) is 5.41. The number of hydrogen-bond donors (Lipinski definition) is 1. The number of hydrogen-bond acceptors (Lipinski definition) is 3. The van der Waals surface area contributed by atoms with E-state index in [0.29, 0.717) is 6.61 Å². The first-order chi connectivity index (χ1) is 9.17. The number of nitrogens with zero attached hydrogens (tertiary/aromatic N) is 1. The Balaban J connectivity index is 1.91. The third-order valence-corrected chi connectivity index (χ3v) is 4.13. The standard InChI is InChI=1S/C16H25NO2/c1-3-16(18,4-2)13-19-15-9-7-14(8-10-15)17-11-5-6-12-17/h7-10,18H,3-6,11-13H2,1-2H3. The molecule has 1 aliphatic rings. The fourth-order valence-electron chi connectivity index (χ4n) is 2.40. The predicted octanol–water partition coefficient (Wildman–Crippen LogP) is 3.22. The SMILES string of the molecule is CCC(O)(CC)COc1ccc(N2CCCC2)cc1. The summed E-state index contributed by atoms with van der Waals surface area (Å²) in [5.74, 6) is 0.836. The van der Waals surface area contributed by atoms with Gasteiger partial charge in [-0.15, -0.1) is 0 Å². The second-order valence-corrected chi connectivity index (χ2v) is 5.41. The summed E-state index contributed by atoms with van der Waals surface area (Å²) < 4.78 is 5.70. The molecule has 3 nitrogen and oxygen atoms in total. The Morgan fingerprint density at radius 1 is 1.11 bits per heavy atom. The minimum absolute atomic E-state index is 0.364. The summed E-state index contributed by atoms with van der Waals surface area (Å²) in [6.45, 7) is 6.66. The minimum Gasteiger partial charge on any atom is -0.491 e. The number of benzene rings is 1. The monoisotopic (exact) mass is 263 g/mol. The molecule has 1 heterocycles. The highest BCUT2D eigenvalue weighted by Crippen LogP contribution is 2.24. The zero-order valence-corrected chi connectivity index (χ0v) is 12.1. The molecule has 0 bridgehead atoms. The van der Waals surface area contributed by atoms with Crippen molar-refractivity contribution < 1.29 is 9.84 Å². The molecular weight excluding hydrogens is 238 g/mol. The predicted molar refractivity (Wildman–Crippen MR) is 78.9 cm³/mol. The van der Waals surface area contributed by atoms with Crippen molar-refractivity contribution in [3.8, 4) is 5.75 Å². The molecule has 19 heavy (non-hydrogen) atoms. The maximum absolute atomic E-state index is 10.2. The van der Waals surface area contributed by atoms with Gasteiger partial charge in [-0.3, -0.25) is 0 Å². The van der Waals surface area contributed by atoms with Crippen LogP contribution in [0.1, 0.15) is 39.5 Å². The Morgan fingerprint density at radius 2 is 1.68 bits per heavy atom. The summed E-state index contributed by atoms with van der Waals surface area (Å²) in [5, 5.41) is 10.2. The molecule has 0 spiro atoms. The average molecular weight is 263 g/mol. The van der Waals surface area contributed by atoms with Gasteiger partial charge in [-0.25, -0.2) is 0 Å². The van der Waals surface area contributed by atoms with Crippen LogP contribution in [0.25, 0.3) is 0 Å². The van der Waals surface area contributed by atoms with Crippen molar-refractivity contribution in [3.63, 3.8) is 0 Å². The molecule has 106 valence electrons. The van der Waals surface area contributed by atoms with Crippen LogP contribution in [0.4, 0.5) is 5.69 Å². The molecular formula is C16H25NO2. The topological polar surface area (TPSA) is 32.7 Å². The van der Waals surface area contributed by atoms with Gasteiger partial charge in [-0.2, -0.15) is 0 Å². The van der Waals surface area contributed by atoms with E-state index in [1.807, 2.05) is 26.0 Å². The molecule has 0 aromatic heterocycles.